The first kappa shape index (κ1) is 25.1. The lowest BCUT2D eigenvalue weighted by Gasteiger charge is -2.31. The van der Waals surface area contributed by atoms with Gasteiger partial charge in [0.25, 0.3) is 0 Å². The van der Waals surface area contributed by atoms with Crippen LogP contribution in [-0.4, -0.2) is 52.1 Å². The summed E-state index contributed by atoms with van der Waals surface area (Å²) in [5.74, 6) is -2.29. The number of imide groups is 1. The van der Waals surface area contributed by atoms with Gasteiger partial charge in [0.1, 0.15) is 11.9 Å². The maximum absolute atomic E-state index is 14.4. The largest absolute Gasteiger partial charge is 0.352 e. The van der Waals surface area contributed by atoms with Crippen molar-refractivity contribution in [2.24, 2.45) is 11.8 Å². The molecule has 1 N–H and O–H groups in total. The topological polar surface area (TPSA) is 86.8 Å². The van der Waals surface area contributed by atoms with Crippen LogP contribution in [0.3, 0.4) is 0 Å². The quantitative estimate of drug-likeness (QED) is 0.454. The highest BCUT2D eigenvalue weighted by atomic mass is 19.1. The number of nitrogens with one attached hydrogen (secondary N) is 1. The third-order valence-electron chi connectivity index (χ3n) is 7.57. The summed E-state index contributed by atoms with van der Waals surface area (Å²) in [4.78, 5) is 54.5. The molecule has 0 unspecified atom stereocenters. The van der Waals surface area contributed by atoms with Crippen LogP contribution in [0, 0.1) is 17.7 Å². The van der Waals surface area contributed by atoms with Crippen molar-refractivity contribution in [1.29, 1.82) is 0 Å². The second kappa shape index (κ2) is 11.1. The summed E-state index contributed by atoms with van der Waals surface area (Å²) in [6, 6.07) is 5.44. The number of benzene rings is 1. The van der Waals surface area contributed by atoms with Gasteiger partial charge in [0.15, 0.2) is 0 Å². The molecule has 1 heterocycles. The molecule has 1 saturated carbocycles. The van der Waals surface area contributed by atoms with Crippen molar-refractivity contribution in [2.75, 3.05) is 6.54 Å². The molecule has 3 atom stereocenters. The van der Waals surface area contributed by atoms with Crippen LogP contribution in [0.15, 0.2) is 36.4 Å². The molecule has 0 aromatic heterocycles. The van der Waals surface area contributed by atoms with E-state index in [1.54, 1.807) is 25.1 Å². The van der Waals surface area contributed by atoms with Gasteiger partial charge in [-0.15, -0.1) is 0 Å². The first-order valence-electron chi connectivity index (χ1n) is 12.7. The number of carbonyl (C=O) groups is 4. The van der Waals surface area contributed by atoms with Crippen LogP contribution in [0.5, 0.6) is 0 Å². The summed E-state index contributed by atoms with van der Waals surface area (Å²) in [6.07, 6.45) is 9.92. The Morgan fingerprint density at radius 1 is 1.06 bits per heavy atom. The molecule has 2 fully saturated rings. The van der Waals surface area contributed by atoms with Crippen molar-refractivity contribution in [3.05, 3.63) is 47.8 Å². The number of fused-ring (bicyclic) bond motifs is 1. The molecule has 1 aromatic rings. The molecule has 8 heteroatoms. The predicted octanol–water partition coefficient (Wildman–Crippen LogP) is 3.33. The van der Waals surface area contributed by atoms with Crippen LogP contribution in [0.4, 0.5) is 4.39 Å². The van der Waals surface area contributed by atoms with Crippen LogP contribution in [-0.2, 0) is 25.7 Å². The van der Waals surface area contributed by atoms with E-state index in [0.29, 0.717) is 18.4 Å². The van der Waals surface area contributed by atoms with E-state index in [4.69, 9.17) is 0 Å². The maximum atomic E-state index is 14.4. The summed E-state index contributed by atoms with van der Waals surface area (Å²) < 4.78 is 14.4. The molecule has 1 aromatic carbocycles. The zero-order valence-corrected chi connectivity index (χ0v) is 20.2. The number of hydrogen-bond donors (Lipinski definition) is 1. The molecule has 188 valence electrons. The van der Waals surface area contributed by atoms with Gasteiger partial charge in [-0.3, -0.25) is 24.1 Å². The maximum Gasteiger partial charge on any atom is 0.242 e. The van der Waals surface area contributed by atoms with E-state index in [2.05, 4.69) is 5.32 Å². The molecular weight excluding hydrogens is 449 g/mol. The van der Waals surface area contributed by atoms with E-state index in [9.17, 15) is 23.6 Å². The SMILES string of the molecule is C[C@@H](C(=O)NC1CCCCC1)N(Cc1ccccc1F)C(=O)CCN1C(=O)[C@H]2CC=CC[C@H]2C1=O. The van der Waals surface area contributed by atoms with Crippen molar-refractivity contribution in [2.45, 2.75) is 76.9 Å². The van der Waals surface area contributed by atoms with E-state index < -0.39 is 17.8 Å². The Morgan fingerprint density at radius 2 is 1.69 bits per heavy atom. The Labute approximate surface area is 205 Å². The van der Waals surface area contributed by atoms with Crippen LogP contribution in [0.25, 0.3) is 0 Å². The van der Waals surface area contributed by atoms with Crippen molar-refractivity contribution in [3.63, 3.8) is 0 Å². The van der Waals surface area contributed by atoms with E-state index in [1.165, 1.54) is 15.9 Å². The molecule has 4 rings (SSSR count). The fourth-order valence-corrected chi connectivity index (χ4v) is 5.40. The lowest BCUT2D eigenvalue weighted by molar-refractivity contribution is -0.144. The Kier molecular flexibility index (Phi) is 7.98. The van der Waals surface area contributed by atoms with Crippen LogP contribution in [0.1, 0.15) is 63.9 Å². The molecule has 0 radical (unpaired) electrons. The summed E-state index contributed by atoms with van der Waals surface area (Å²) in [7, 11) is 0. The Bertz CT molecular complexity index is 978. The number of hydrogen-bond acceptors (Lipinski definition) is 4. The van der Waals surface area contributed by atoms with Gasteiger partial charge in [-0.2, -0.15) is 0 Å². The van der Waals surface area contributed by atoms with Crippen LogP contribution < -0.4 is 5.32 Å². The average molecular weight is 484 g/mol. The second-order valence-corrected chi connectivity index (χ2v) is 9.87. The van der Waals surface area contributed by atoms with Gasteiger partial charge >= 0.3 is 0 Å². The minimum absolute atomic E-state index is 0.0335. The lowest BCUT2D eigenvalue weighted by Crippen LogP contribution is -2.51. The number of nitrogens with zero attached hydrogens (tertiary/aromatic N) is 2. The molecule has 2 aliphatic carbocycles. The highest BCUT2D eigenvalue weighted by Gasteiger charge is 2.47. The molecular formula is C27H34FN3O4. The fourth-order valence-electron chi connectivity index (χ4n) is 5.40. The van der Waals surface area contributed by atoms with Gasteiger partial charge in [0.2, 0.25) is 23.6 Å². The lowest BCUT2D eigenvalue weighted by atomic mass is 9.85. The van der Waals surface area contributed by atoms with Gasteiger partial charge in [-0.1, -0.05) is 49.6 Å². The van der Waals surface area contributed by atoms with Gasteiger partial charge < -0.3 is 10.2 Å². The van der Waals surface area contributed by atoms with Crippen molar-refractivity contribution < 1.29 is 23.6 Å². The highest BCUT2D eigenvalue weighted by molar-refractivity contribution is 6.05. The Balaban J connectivity index is 1.45. The molecule has 4 amide bonds. The monoisotopic (exact) mass is 483 g/mol. The third-order valence-corrected chi connectivity index (χ3v) is 7.57. The normalized spacial score (nSPS) is 23.2. The minimum atomic E-state index is -0.819. The number of likely N-dealkylation sites (tertiary alicyclic amines) is 1. The number of halogens is 1. The number of amides is 4. The second-order valence-electron chi connectivity index (χ2n) is 9.87. The number of allylic oxidation sites excluding steroid dienone is 2. The standard InChI is InChI=1S/C27H34FN3O4/c1-18(25(33)29-20-10-3-2-4-11-20)31(17-19-9-5-8-14-23(19)28)24(32)15-16-30-26(34)21-12-6-7-13-22(21)27(30)35/h5-9,14,18,20-22H,2-4,10-13,15-17H2,1H3,(H,29,33)/t18-,21-,22+/m0/s1. The number of rotatable bonds is 8. The van der Waals surface area contributed by atoms with Gasteiger partial charge in [-0.25, -0.2) is 4.39 Å². The molecule has 1 saturated heterocycles. The minimum Gasteiger partial charge on any atom is -0.352 e. The predicted molar refractivity (Wildman–Crippen MR) is 128 cm³/mol. The first-order valence-corrected chi connectivity index (χ1v) is 12.7. The van der Waals surface area contributed by atoms with Gasteiger partial charge in [0.05, 0.1) is 11.8 Å². The third kappa shape index (κ3) is 5.63. The zero-order valence-electron chi connectivity index (χ0n) is 20.2. The van der Waals surface area contributed by atoms with E-state index in [-0.39, 0.29) is 55.1 Å². The summed E-state index contributed by atoms with van der Waals surface area (Å²) in [5, 5.41) is 3.05. The summed E-state index contributed by atoms with van der Waals surface area (Å²) in [6.45, 7) is 1.54. The van der Waals surface area contributed by atoms with Crippen molar-refractivity contribution in [3.8, 4) is 0 Å². The van der Waals surface area contributed by atoms with Crippen LogP contribution in [0.2, 0.25) is 0 Å². The van der Waals surface area contributed by atoms with E-state index in [0.717, 1.165) is 32.1 Å². The molecule has 0 bridgehead atoms. The molecule has 0 spiro atoms. The average Bonchev–Trinajstić information content (AvgIpc) is 3.11. The molecule has 7 nitrogen and oxygen atoms in total. The smallest absolute Gasteiger partial charge is 0.242 e. The van der Waals surface area contributed by atoms with Crippen molar-refractivity contribution in [1.82, 2.24) is 15.1 Å². The van der Waals surface area contributed by atoms with Crippen LogP contribution >= 0.6 is 0 Å². The first-order chi connectivity index (χ1) is 16.9. The van der Waals surface area contributed by atoms with Gasteiger partial charge in [-0.05, 0) is 38.7 Å². The molecule has 35 heavy (non-hydrogen) atoms. The summed E-state index contributed by atoms with van der Waals surface area (Å²) >= 11 is 0. The fraction of sp³-hybridized carbons (Fsp3) is 0.556. The summed E-state index contributed by atoms with van der Waals surface area (Å²) in [5.41, 5.74) is 0.309. The Morgan fingerprint density at radius 3 is 2.31 bits per heavy atom. The highest BCUT2D eigenvalue weighted by Crippen LogP contribution is 2.35. The van der Waals surface area contributed by atoms with Gasteiger partial charge in [0, 0.05) is 31.1 Å². The number of carbonyl (C=O) groups excluding carboxylic acids is 4. The van der Waals surface area contributed by atoms with E-state index >= 15 is 0 Å². The molecule has 3 aliphatic rings. The zero-order chi connectivity index (χ0) is 24.9. The Hall–Kier alpha value is -3.03. The van der Waals surface area contributed by atoms with Crippen molar-refractivity contribution >= 4 is 23.6 Å². The molecule has 1 aliphatic heterocycles. The van der Waals surface area contributed by atoms with E-state index in [1.807, 2.05) is 12.2 Å².